The van der Waals surface area contributed by atoms with Crippen LogP contribution in [0.25, 0.3) is 0 Å². The molecular formula is C20H29ClN4O4. The highest BCUT2D eigenvalue weighted by Gasteiger charge is 2.30. The summed E-state index contributed by atoms with van der Waals surface area (Å²) in [4.78, 5) is 26.8. The third-order valence-corrected chi connectivity index (χ3v) is 5.22. The van der Waals surface area contributed by atoms with Gasteiger partial charge in [0, 0.05) is 25.1 Å². The smallest absolute Gasteiger partial charge is 0.410 e. The lowest BCUT2D eigenvalue weighted by Gasteiger charge is -2.34. The molecule has 2 fully saturated rings. The molecule has 1 N–H and O–H groups in total. The van der Waals surface area contributed by atoms with Gasteiger partial charge in [-0.15, -0.1) is 10.2 Å². The van der Waals surface area contributed by atoms with Crippen LogP contribution in [-0.2, 0) is 9.47 Å². The zero-order valence-electron chi connectivity index (χ0n) is 17.2. The van der Waals surface area contributed by atoms with Gasteiger partial charge < -0.3 is 19.7 Å². The average molecular weight is 425 g/mol. The number of hydrogen-bond acceptors (Lipinski definition) is 7. The fourth-order valence-corrected chi connectivity index (χ4v) is 3.77. The molecule has 2 aliphatic rings. The fourth-order valence-electron chi connectivity index (χ4n) is 3.63. The minimum Gasteiger partial charge on any atom is -0.444 e. The number of carbonyl (C=O) groups excluding carboxylic acids is 2. The number of ketones is 1. The second kappa shape index (κ2) is 9.26. The second-order valence-electron chi connectivity index (χ2n) is 8.58. The Morgan fingerprint density at radius 2 is 2.03 bits per heavy atom. The maximum absolute atomic E-state index is 12.8. The molecule has 8 nitrogen and oxygen atoms in total. The highest BCUT2D eigenvalue weighted by atomic mass is 35.5. The Bertz CT molecular complexity index is 746. The van der Waals surface area contributed by atoms with Crippen LogP contribution in [0.1, 0.15) is 56.9 Å². The Labute approximate surface area is 176 Å². The van der Waals surface area contributed by atoms with E-state index in [1.807, 2.05) is 20.8 Å². The van der Waals surface area contributed by atoms with Crippen molar-refractivity contribution in [2.75, 3.05) is 31.6 Å². The predicted molar refractivity (Wildman–Crippen MR) is 109 cm³/mol. The number of amides is 1. The molecular weight excluding hydrogens is 396 g/mol. The molecule has 1 atom stereocenters. The Kier molecular flexibility index (Phi) is 6.95. The summed E-state index contributed by atoms with van der Waals surface area (Å²) < 4.78 is 11.2. The summed E-state index contributed by atoms with van der Waals surface area (Å²) in [7, 11) is 0. The summed E-state index contributed by atoms with van der Waals surface area (Å²) in [5, 5.41) is 11.3. The van der Waals surface area contributed by atoms with Gasteiger partial charge in [-0.2, -0.15) is 0 Å². The highest BCUT2D eigenvalue weighted by Crippen LogP contribution is 2.30. The molecule has 1 aliphatic carbocycles. The largest absolute Gasteiger partial charge is 0.444 e. The quantitative estimate of drug-likeness (QED) is 0.722. The first-order valence-corrected chi connectivity index (χ1v) is 10.5. The molecule has 1 aliphatic heterocycles. The summed E-state index contributed by atoms with van der Waals surface area (Å²) in [6, 6.07) is 1.62. The summed E-state index contributed by atoms with van der Waals surface area (Å²) in [5.41, 5.74) is 0.332. The van der Waals surface area contributed by atoms with Crippen LogP contribution in [0.2, 0.25) is 5.15 Å². The number of rotatable bonds is 5. The topological polar surface area (TPSA) is 93.7 Å². The van der Waals surface area contributed by atoms with E-state index in [0.29, 0.717) is 37.6 Å². The molecule has 1 unspecified atom stereocenters. The molecule has 29 heavy (non-hydrogen) atoms. The molecule has 0 radical (unpaired) electrons. The summed E-state index contributed by atoms with van der Waals surface area (Å²) in [6.07, 6.45) is 3.32. The minimum absolute atomic E-state index is 0.000356. The highest BCUT2D eigenvalue weighted by molar-refractivity contribution is 6.29. The number of nitrogens with zero attached hydrogens (tertiary/aromatic N) is 3. The molecule has 1 saturated carbocycles. The van der Waals surface area contributed by atoms with Crippen molar-refractivity contribution in [3.8, 4) is 0 Å². The van der Waals surface area contributed by atoms with Crippen molar-refractivity contribution in [3.63, 3.8) is 0 Å². The van der Waals surface area contributed by atoms with Gasteiger partial charge in [0.25, 0.3) is 0 Å². The molecule has 1 aromatic rings. The normalized spacial score (nSPS) is 20.6. The van der Waals surface area contributed by atoms with Gasteiger partial charge in [-0.3, -0.25) is 4.79 Å². The third kappa shape index (κ3) is 6.02. The maximum Gasteiger partial charge on any atom is 0.410 e. The molecule has 160 valence electrons. The molecule has 0 aromatic carbocycles. The molecule has 0 bridgehead atoms. The van der Waals surface area contributed by atoms with Crippen molar-refractivity contribution < 1.29 is 19.1 Å². The van der Waals surface area contributed by atoms with Gasteiger partial charge in [0.1, 0.15) is 5.60 Å². The third-order valence-electron chi connectivity index (χ3n) is 5.03. The van der Waals surface area contributed by atoms with Crippen LogP contribution in [0.5, 0.6) is 0 Å². The molecule has 0 spiro atoms. The lowest BCUT2D eigenvalue weighted by Crippen LogP contribution is -2.49. The number of nitrogens with one attached hydrogen (secondary N) is 1. The van der Waals surface area contributed by atoms with Crippen molar-refractivity contribution >= 4 is 29.2 Å². The van der Waals surface area contributed by atoms with Crippen molar-refractivity contribution in [1.29, 1.82) is 0 Å². The number of anilines is 1. The van der Waals surface area contributed by atoms with Crippen LogP contribution in [0, 0.1) is 5.92 Å². The standard InChI is InChI=1S/C20H29ClN4O4/c1-20(2,3)29-19(27)25-8-9-28-14(12-25)11-22-15-10-16(21)23-24-17(15)18(26)13-6-4-5-7-13/h10,13-14H,4-9,11-12H2,1-3H3,(H,22,23). The monoisotopic (exact) mass is 424 g/mol. The molecule has 9 heteroatoms. The van der Waals surface area contributed by atoms with Crippen LogP contribution in [0.15, 0.2) is 6.07 Å². The molecule has 3 rings (SSSR count). The number of hydrogen-bond donors (Lipinski definition) is 1. The van der Waals surface area contributed by atoms with E-state index >= 15 is 0 Å². The van der Waals surface area contributed by atoms with Crippen molar-refractivity contribution in [3.05, 3.63) is 16.9 Å². The van der Waals surface area contributed by atoms with E-state index in [-0.39, 0.29) is 29.1 Å². The Hall–Kier alpha value is -1.93. The van der Waals surface area contributed by atoms with Crippen molar-refractivity contribution in [1.82, 2.24) is 15.1 Å². The van der Waals surface area contributed by atoms with E-state index in [2.05, 4.69) is 15.5 Å². The molecule has 1 amide bonds. The van der Waals surface area contributed by atoms with Crippen LogP contribution in [-0.4, -0.2) is 64.9 Å². The zero-order chi connectivity index (χ0) is 21.0. The summed E-state index contributed by atoms with van der Waals surface area (Å²) in [6.45, 7) is 7.24. The summed E-state index contributed by atoms with van der Waals surface area (Å²) in [5.74, 6) is 0.00808. The first kappa shape index (κ1) is 21.8. The van der Waals surface area contributed by atoms with E-state index < -0.39 is 5.60 Å². The van der Waals surface area contributed by atoms with Crippen LogP contribution in [0.3, 0.4) is 0 Å². The van der Waals surface area contributed by atoms with Gasteiger partial charge in [-0.1, -0.05) is 24.4 Å². The second-order valence-corrected chi connectivity index (χ2v) is 8.96. The van der Waals surface area contributed by atoms with Gasteiger partial charge in [0.2, 0.25) is 0 Å². The van der Waals surface area contributed by atoms with E-state index in [4.69, 9.17) is 21.1 Å². The maximum atomic E-state index is 12.8. The van der Waals surface area contributed by atoms with Gasteiger partial charge in [0.05, 0.1) is 24.9 Å². The fraction of sp³-hybridized carbons (Fsp3) is 0.700. The van der Waals surface area contributed by atoms with E-state index in [1.165, 1.54) is 0 Å². The number of Topliss-reactive ketones (excluding diaryl/α,β-unsaturated/α-hetero) is 1. The van der Waals surface area contributed by atoms with Crippen LogP contribution < -0.4 is 5.32 Å². The lowest BCUT2D eigenvalue weighted by atomic mass is 9.99. The SMILES string of the molecule is CC(C)(C)OC(=O)N1CCOC(CNc2cc(Cl)nnc2C(=O)C2CCCC2)C1. The number of morpholine rings is 1. The lowest BCUT2D eigenvalue weighted by molar-refractivity contribution is -0.0371. The van der Waals surface area contributed by atoms with E-state index in [1.54, 1.807) is 11.0 Å². The van der Waals surface area contributed by atoms with Gasteiger partial charge in [-0.05, 0) is 33.6 Å². The van der Waals surface area contributed by atoms with Gasteiger partial charge in [0.15, 0.2) is 16.6 Å². The molecule has 1 saturated heterocycles. The Balaban J connectivity index is 1.62. The van der Waals surface area contributed by atoms with Crippen LogP contribution >= 0.6 is 11.6 Å². The zero-order valence-corrected chi connectivity index (χ0v) is 18.0. The van der Waals surface area contributed by atoms with Gasteiger partial charge >= 0.3 is 6.09 Å². The number of ether oxygens (including phenoxy) is 2. The van der Waals surface area contributed by atoms with Crippen molar-refractivity contribution in [2.45, 2.75) is 58.2 Å². The predicted octanol–water partition coefficient (Wildman–Crippen LogP) is 3.55. The van der Waals surface area contributed by atoms with E-state index in [0.717, 1.165) is 25.7 Å². The Morgan fingerprint density at radius 3 is 2.72 bits per heavy atom. The van der Waals surface area contributed by atoms with Crippen LogP contribution in [0.4, 0.5) is 10.5 Å². The molecule has 2 heterocycles. The van der Waals surface area contributed by atoms with Gasteiger partial charge in [-0.25, -0.2) is 4.79 Å². The number of aromatic nitrogens is 2. The number of halogens is 1. The summed E-state index contributed by atoms with van der Waals surface area (Å²) >= 11 is 6.00. The molecule has 1 aromatic heterocycles. The first-order chi connectivity index (χ1) is 13.7. The van der Waals surface area contributed by atoms with Crippen molar-refractivity contribution in [2.24, 2.45) is 5.92 Å². The minimum atomic E-state index is -0.544. The number of carbonyl (C=O) groups is 2. The average Bonchev–Trinajstić information content (AvgIpc) is 3.19. The Morgan fingerprint density at radius 1 is 1.31 bits per heavy atom. The van der Waals surface area contributed by atoms with E-state index in [9.17, 15) is 9.59 Å². The first-order valence-electron chi connectivity index (χ1n) is 10.1.